The Morgan fingerprint density at radius 1 is 0.778 bits per heavy atom. The number of hydrogen-bond acceptors (Lipinski definition) is 4. The monoisotopic (exact) mass is 508 g/mol. The van der Waals surface area contributed by atoms with Crippen molar-refractivity contribution in [3.63, 3.8) is 0 Å². The van der Waals surface area contributed by atoms with Crippen LogP contribution < -0.4 is 0 Å². The molecule has 1 amide bonds. The minimum Gasteiger partial charge on any atom is -0.314 e. The molecule has 11 heteroatoms. The van der Waals surface area contributed by atoms with E-state index in [0.717, 1.165) is 30.0 Å². The first kappa shape index (κ1) is 24.4. The number of hydrogen-bond donors (Lipinski definition) is 0. The third-order valence-corrected chi connectivity index (χ3v) is 6.59. The number of carbonyl (C=O) groups excluding carboxylic acids is 1. The van der Waals surface area contributed by atoms with Crippen molar-refractivity contribution in [1.29, 1.82) is 0 Å². The molecule has 5 rings (SSSR count). The Labute approximate surface area is 203 Å². The second-order valence-electron chi connectivity index (χ2n) is 9.00. The lowest BCUT2D eigenvalue weighted by molar-refractivity contribution is -0.138. The summed E-state index contributed by atoms with van der Waals surface area (Å²) in [7, 11) is 0. The zero-order valence-corrected chi connectivity index (χ0v) is 19.0. The van der Waals surface area contributed by atoms with E-state index in [1.807, 2.05) is 9.80 Å². The number of nitrogens with zero attached hydrogens (tertiary/aromatic N) is 4. The van der Waals surface area contributed by atoms with Crippen LogP contribution in [0.4, 0.5) is 26.3 Å². The summed E-state index contributed by atoms with van der Waals surface area (Å²) in [5.74, 6) is 0.258. The Kier molecular flexibility index (Phi) is 6.06. The maximum absolute atomic E-state index is 13.5. The smallest absolute Gasteiger partial charge is 0.314 e. The first-order chi connectivity index (χ1) is 17.0. The van der Waals surface area contributed by atoms with Gasteiger partial charge < -0.3 is 4.90 Å². The van der Waals surface area contributed by atoms with E-state index in [1.165, 1.54) is 29.2 Å². The fourth-order valence-corrected chi connectivity index (χ4v) is 4.79. The predicted molar refractivity (Wildman–Crippen MR) is 119 cm³/mol. The fourth-order valence-electron chi connectivity index (χ4n) is 4.79. The Bertz CT molecular complexity index is 1220. The maximum Gasteiger partial charge on any atom is 0.416 e. The lowest BCUT2D eigenvalue weighted by Gasteiger charge is -2.42. The molecule has 36 heavy (non-hydrogen) atoms. The molecular formula is C25H22F6N4O. The van der Waals surface area contributed by atoms with Gasteiger partial charge in [-0.3, -0.25) is 19.6 Å². The predicted octanol–water partition coefficient (Wildman–Crippen LogP) is 4.90. The summed E-state index contributed by atoms with van der Waals surface area (Å²) in [5, 5.41) is 0. The van der Waals surface area contributed by atoms with Crippen molar-refractivity contribution in [3.8, 4) is 0 Å². The average molecular weight is 508 g/mol. The highest BCUT2D eigenvalue weighted by Gasteiger charge is 2.41. The van der Waals surface area contributed by atoms with Crippen molar-refractivity contribution < 1.29 is 31.1 Å². The number of amides is 1. The zero-order chi connectivity index (χ0) is 25.7. The van der Waals surface area contributed by atoms with Crippen LogP contribution in [-0.4, -0.2) is 52.7 Å². The van der Waals surface area contributed by atoms with Gasteiger partial charge in [-0.25, -0.2) is 0 Å². The quantitative estimate of drug-likeness (QED) is 0.552. The molecule has 0 spiro atoms. The van der Waals surface area contributed by atoms with Crippen molar-refractivity contribution in [2.24, 2.45) is 4.99 Å². The highest BCUT2D eigenvalue weighted by atomic mass is 19.4. The van der Waals surface area contributed by atoms with E-state index in [-0.39, 0.29) is 12.5 Å². The molecule has 3 aliphatic heterocycles. The van der Waals surface area contributed by atoms with Gasteiger partial charge in [0, 0.05) is 38.3 Å². The average Bonchev–Trinajstić information content (AvgIpc) is 3.31. The molecular weight excluding hydrogens is 486 g/mol. The van der Waals surface area contributed by atoms with Crippen LogP contribution in [-0.2, 0) is 30.2 Å². The summed E-state index contributed by atoms with van der Waals surface area (Å²) in [4.78, 5) is 23.5. The van der Waals surface area contributed by atoms with Gasteiger partial charge >= 0.3 is 12.4 Å². The Hall–Kier alpha value is -3.34. The molecule has 0 bridgehead atoms. The van der Waals surface area contributed by atoms with Crippen LogP contribution in [0.15, 0.2) is 64.8 Å². The van der Waals surface area contributed by atoms with E-state index in [1.54, 1.807) is 0 Å². The highest BCUT2D eigenvalue weighted by Crippen LogP contribution is 2.34. The first-order valence-electron chi connectivity index (χ1n) is 11.4. The van der Waals surface area contributed by atoms with Gasteiger partial charge in [0.2, 0.25) is 5.96 Å². The van der Waals surface area contributed by atoms with E-state index in [0.29, 0.717) is 61.8 Å². The largest absolute Gasteiger partial charge is 0.416 e. The maximum atomic E-state index is 13.5. The number of guanidine groups is 1. The van der Waals surface area contributed by atoms with Crippen LogP contribution in [0.3, 0.4) is 0 Å². The van der Waals surface area contributed by atoms with E-state index >= 15 is 0 Å². The van der Waals surface area contributed by atoms with Crippen LogP contribution in [0.25, 0.3) is 0 Å². The number of alkyl halides is 6. The number of rotatable bonds is 4. The molecule has 5 nitrogen and oxygen atoms in total. The topological polar surface area (TPSA) is 39.2 Å². The van der Waals surface area contributed by atoms with Gasteiger partial charge in [-0.15, -0.1) is 0 Å². The molecule has 0 N–H and O–H groups in total. The Balaban J connectivity index is 1.33. The van der Waals surface area contributed by atoms with Crippen molar-refractivity contribution in [3.05, 3.63) is 82.1 Å². The SMILES string of the molecule is O=C1C2=C(CCN(Cc3ccc(C(F)(F)F)cc3)C2)N2CCN=C2N1Cc1ccc(C(F)(F)F)cc1. The van der Waals surface area contributed by atoms with Crippen LogP contribution in [0, 0.1) is 0 Å². The van der Waals surface area contributed by atoms with E-state index in [9.17, 15) is 31.1 Å². The molecule has 0 fully saturated rings. The van der Waals surface area contributed by atoms with E-state index < -0.39 is 23.5 Å². The van der Waals surface area contributed by atoms with Gasteiger partial charge in [-0.2, -0.15) is 26.3 Å². The Morgan fingerprint density at radius 3 is 1.89 bits per heavy atom. The molecule has 0 unspecified atom stereocenters. The van der Waals surface area contributed by atoms with E-state index in [4.69, 9.17) is 0 Å². The molecule has 190 valence electrons. The summed E-state index contributed by atoms with van der Waals surface area (Å²) in [6, 6.07) is 9.69. The standard InChI is InChI=1S/C25H22F6N4O/c26-24(27,28)18-5-1-16(2-6-18)13-33-11-9-21-20(15-33)22(36)35(23-32-10-12-34(21)23)14-17-3-7-19(8-4-17)25(29,30)31/h1-8H,9-15H2. The second-order valence-corrected chi connectivity index (χ2v) is 9.00. The van der Waals surface area contributed by atoms with Crippen molar-refractivity contribution in [1.82, 2.24) is 14.7 Å². The summed E-state index contributed by atoms with van der Waals surface area (Å²) in [6.07, 6.45) is -8.25. The summed E-state index contributed by atoms with van der Waals surface area (Å²) in [5.41, 5.74) is 1.27. The number of fused-ring (bicyclic) bond motifs is 2. The lowest BCUT2D eigenvalue weighted by Crippen LogP contribution is -2.53. The summed E-state index contributed by atoms with van der Waals surface area (Å²) < 4.78 is 77.3. The molecule has 0 saturated carbocycles. The molecule has 3 heterocycles. The normalized spacial score (nSPS) is 18.9. The van der Waals surface area contributed by atoms with Crippen LogP contribution >= 0.6 is 0 Å². The van der Waals surface area contributed by atoms with Crippen molar-refractivity contribution >= 4 is 11.9 Å². The first-order valence-corrected chi connectivity index (χ1v) is 11.4. The summed E-state index contributed by atoms with van der Waals surface area (Å²) >= 11 is 0. The zero-order valence-electron chi connectivity index (χ0n) is 19.0. The minimum absolute atomic E-state index is 0.0853. The minimum atomic E-state index is -4.44. The molecule has 0 atom stereocenters. The van der Waals surface area contributed by atoms with Crippen LogP contribution in [0.1, 0.15) is 28.7 Å². The van der Waals surface area contributed by atoms with Gasteiger partial charge in [0.15, 0.2) is 0 Å². The number of aliphatic imine (C=N–C) groups is 1. The molecule has 3 aliphatic rings. The van der Waals surface area contributed by atoms with Crippen molar-refractivity contribution in [2.75, 3.05) is 26.2 Å². The molecule has 0 saturated heterocycles. The molecule has 0 aliphatic carbocycles. The Morgan fingerprint density at radius 2 is 1.33 bits per heavy atom. The molecule has 0 radical (unpaired) electrons. The number of carbonyl (C=O) groups is 1. The van der Waals surface area contributed by atoms with Gasteiger partial charge in [-0.05, 0) is 35.4 Å². The van der Waals surface area contributed by atoms with E-state index in [2.05, 4.69) is 4.99 Å². The number of halogens is 6. The van der Waals surface area contributed by atoms with Crippen LogP contribution in [0.5, 0.6) is 0 Å². The lowest BCUT2D eigenvalue weighted by atomic mass is 9.99. The van der Waals surface area contributed by atoms with Crippen molar-refractivity contribution in [2.45, 2.75) is 31.9 Å². The van der Waals surface area contributed by atoms with Crippen LogP contribution in [0.2, 0.25) is 0 Å². The fraction of sp³-hybridized carbons (Fsp3) is 0.360. The van der Waals surface area contributed by atoms with Gasteiger partial charge in [-0.1, -0.05) is 24.3 Å². The number of benzene rings is 2. The molecule has 0 aromatic heterocycles. The van der Waals surface area contributed by atoms with Gasteiger partial charge in [0.25, 0.3) is 5.91 Å². The van der Waals surface area contributed by atoms with Gasteiger partial charge in [0.05, 0.1) is 29.8 Å². The van der Waals surface area contributed by atoms with Gasteiger partial charge in [0.1, 0.15) is 0 Å². The summed E-state index contributed by atoms with van der Waals surface area (Å²) in [6.45, 7) is 2.56. The third-order valence-electron chi connectivity index (χ3n) is 6.59. The molecule has 2 aromatic carbocycles. The second kappa shape index (κ2) is 8.95. The molecule has 2 aromatic rings. The third kappa shape index (κ3) is 4.71. The highest BCUT2D eigenvalue weighted by molar-refractivity contribution is 6.09.